The summed E-state index contributed by atoms with van der Waals surface area (Å²) in [6.07, 6.45) is 0.392. The summed E-state index contributed by atoms with van der Waals surface area (Å²) in [5.41, 5.74) is 0.980. The monoisotopic (exact) mass is 346 g/mol. The third kappa shape index (κ3) is 4.32. The molecule has 1 aromatic carbocycles. The van der Waals surface area contributed by atoms with E-state index >= 15 is 0 Å². The molecule has 1 saturated heterocycles. The second-order valence-electron chi connectivity index (χ2n) is 5.36. The van der Waals surface area contributed by atoms with E-state index in [1.807, 2.05) is 6.92 Å². The van der Waals surface area contributed by atoms with Gasteiger partial charge in [-0.05, 0) is 19.1 Å². The van der Waals surface area contributed by atoms with Gasteiger partial charge < -0.3 is 4.74 Å². The van der Waals surface area contributed by atoms with E-state index in [1.165, 1.54) is 0 Å². The predicted molar refractivity (Wildman–Crippen MR) is 87.8 cm³/mol. The summed E-state index contributed by atoms with van der Waals surface area (Å²) in [6.45, 7) is 4.55. The summed E-state index contributed by atoms with van der Waals surface area (Å²) in [5, 5.41) is 0. The number of ketones is 1. The van der Waals surface area contributed by atoms with Crippen molar-refractivity contribution in [2.45, 2.75) is 25.2 Å². The van der Waals surface area contributed by atoms with Crippen molar-refractivity contribution in [1.29, 1.82) is 0 Å². The second kappa shape index (κ2) is 7.12. The zero-order chi connectivity index (χ0) is 16.2. The molecule has 5 nitrogen and oxygen atoms in total. The number of aryl methyl sites for hydroxylation is 1. The van der Waals surface area contributed by atoms with Crippen LogP contribution >= 0.6 is 10.3 Å². The standard InChI is InChI=1S/C15H22O5S2/c1-3-14(16)12-21(10-8-19-9-11-21)20-22(17,18)15-6-4-13(2)5-7-15/h4-7H,3,8-12H2,1-2H3. The first-order valence-electron chi connectivity index (χ1n) is 7.25. The average Bonchev–Trinajstić information content (AvgIpc) is 2.47. The van der Waals surface area contributed by atoms with Crippen LogP contribution in [0.4, 0.5) is 0 Å². The molecule has 0 bridgehead atoms. The molecule has 0 aliphatic carbocycles. The summed E-state index contributed by atoms with van der Waals surface area (Å²) < 4.78 is 36.0. The van der Waals surface area contributed by atoms with Gasteiger partial charge in [0.25, 0.3) is 0 Å². The number of ether oxygens (including phenoxy) is 1. The smallest absolute Gasteiger partial charge is 0.306 e. The minimum atomic E-state index is -3.86. The van der Waals surface area contributed by atoms with Crippen LogP contribution in [0.1, 0.15) is 18.9 Å². The topological polar surface area (TPSA) is 69.7 Å². The minimum absolute atomic E-state index is 0.0380. The van der Waals surface area contributed by atoms with Crippen molar-refractivity contribution in [1.82, 2.24) is 0 Å². The highest BCUT2D eigenvalue weighted by Gasteiger charge is 2.35. The van der Waals surface area contributed by atoms with E-state index < -0.39 is 20.4 Å². The van der Waals surface area contributed by atoms with Gasteiger partial charge in [0, 0.05) is 17.9 Å². The number of benzene rings is 1. The highest BCUT2D eigenvalue weighted by molar-refractivity contribution is 8.33. The minimum Gasteiger partial charge on any atom is -0.380 e. The van der Waals surface area contributed by atoms with Crippen LogP contribution in [-0.4, -0.2) is 44.7 Å². The maximum absolute atomic E-state index is 12.5. The largest absolute Gasteiger partial charge is 0.380 e. The van der Waals surface area contributed by atoms with Gasteiger partial charge in [-0.1, -0.05) is 24.6 Å². The lowest BCUT2D eigenvalue weighted by Crippen LogP contribution is -2.31. The first-order chi connectivity index (χ1) is 10.4. The molecule has 2 rings (SSSR count). The highest BCUT2D eigenvalue weighted by atomic mass is 32.3. The van der Waals surface area contributed by atoms with Crippen molar-refractivity contribution in [3.8, 4) is 0 Å². The first kappa shape index (κ1) is 17.5. The number of hydrogen-bond acceptors (Lipinski definition) is 5. The molecule has 1 heterocycles. The molecule has 1 fully saturated rings. The fourth-order valence-electron chi connectivity index (χ4n) is 2.19. The van der Waals surface area contributed by atoms with Gasteiger partial charge in [-0.2, -0.15) is 8.42 Å². The van der Waals surface area contributed by atoms with Crippen molar-refractivity contribution in [2.75, 3.05) is 30.5 Å². The van der Waals surface area contributed by atoms with E-state index in [-0.39, 0.29) is 16.4 Å². The lowest BCUT2D eigenvalue weighted by molar-refractivity contribution is -0.116. The van der Waals surface area contributed by atoms with Gasteiger partial charge in [0.15, 0.2) is 0 Å². The maximum atomic E-state index is 12.5. The summed E-state index contributed by atoms with van der Waals surface area (Å²) in [4.78, 5) is 12.0. The fraction of sp³-hybridized carbons (Fsp3) is 0.533. The quantitative estimate of drug-likeness (QED) is 0.791. The van der Waals surface area contributed by atoms with Crippen molar-refractivity contribution in [3.05, 3.63) is 29.8 Å². The van der Waals surface area contributed by atoms with E-state index in [1.54, 1.807) is 31.2 Å². The van der Waals surface area contributed by atoms with E-state index in [4.69, 9.17) is 8.37 Å². The van der Waals surface area contributed by atoms with Crippen LogP contribution in [-0.2, 0) is 23.3 Å². The number of rotatable bonds is 6. The normalized spacial score (nSPS) is 19.5. The van der Waals surface area contributed by atoms with Crippen molar-refractivity contribution in [2.24, 2.45) is 0 Å². The summed E-state index contributed by atoms with van der Waals surface area (Å²) in [5.74, 6) is 1.21. The summed E-state index contributed by atoms with van der Waals surface area (Å²) in [7, 11) is -5.85. The first-order valence-corrected chi connectivity index (χ1v) is 10.7. The molecule has 0 amide bonds. The van der Waals surface area contributed by atoms with Crippen molar-refractivity contribution < 1.29 is 21.6 Å². The van der Waals surface area contributed by atoms with Gasteiger partial charge in [0.05, 0.1) is 23.9 Å². The van der Waals surface area contributed by atoms with Crippen LogP contribution in [0.2, 0.25) is 0 Å². The Hall–Kier alpha value is -0.890. The maximum Gasteiger partial charge on any atom is 0.306 e. The Morgan fingerprint density at radius 2 is 1.82 bits per heavy atom. The Morgan fingerprint density at radius 3 is 2.36 bits per heavy atom. The van der Waals surface area contributed by atoms with Gasteiger partial charge in [-0.25, -0.2) is 3.63 Å². The van der Waals surface area contributed by atoms with E-state index in [9.17, 15) is 13.2 Å². The molecule has 0 radical (unpaired) electrons. The Bertz CT molecular complexity index is 616. The van der Waals surface area contributed by atoms with E-state index in [0.717, 1.165) is 5.56 Å². The van der Waals surface area contributed by atoms with Crippen LogP contribution in [0.15, 0.2) is 29.2 Å². The Kier molecular flexibility index (Phi) is 5.65. The fourth-order valence-corrected chi connectivity index (χ4v) is 7.36. The van der Waals surface area contributed by atoms with Gasteiger partial charge in [0.1, 0.15) is 5.78 Å². The van der Waals surface area contributed by atoms with Crippen LogP contribution in [0.5, 0.6) is 0 Å². The number of carbonyl (C=O) groups excluding carboxylic acids is 1. The van der Waals surface area contributed by atoms with Crippen LogP contribution in [0.25, 0.3) is 0 Å². The average molecular weight is 346 g/mol. The molecule has 1 aliphatic heterocycles. The molecular weight excluding hydrogens is 324 g/mol. The third-order valence-electron chi connectivity index (χ3n) is 3.56. The lowest BCUT2D eigenvalue weighted by atomic mass is 10.2. The molecule has 0 unspecified atom stereocenters. The van der Waals surface area contributed by atoms with Crippen LogP contribution < -0.4 is 0 Å². The number of Topliss-reactive ketones (excluding diaryl/α,β-unsaturated/α-hetero) is 1. The molecule has 0 N–H and O–H groups in total. The molecule has 0 atom stereocenters. The van der Waals surface area contributed by atoms with Gasteiger partial charge in [-0.3, -0.25) is 4.79 Å². The van der Waals surface area contributed by atoms with Gasteiger partial charge in [0.2, 0.25) is 0 Å². The van der Waals surface area contributed by atoms with Gasteiger partial charge in [-0.15, -0.1) is 10.3 Å². The zero-order valence-corrected chi connectivity index (χ0v) is 14.5. The summed E-state index contributed by atoms with van der Waals surface area (Å²) >= 11 is 0. The Balaban J connectivity index is 2.25. The number of carbonyl (C=O) groups is 1. The van der Waals surface area contributed by atoms with Crippen molar-refractivity contribution >= 4 is 26.2 Å². The molecule has 0 aromatic heterocycles. The SMILES string of the molecule is CCC(=O)CS1(OS(=O)(=O)c2ccc(C)cc2)CCOCC1. The lowest BCUT2D eigenvalue weighted by Gasteiger charge is -2.40. The molecule has 0 saturated carbocycles. The van der Waals surface area contributed by atoms with E-state index in [2.05, 4.69) is 0 Å². The molecule has 0 spiro atoms. The summed E-state index contributed by atoms with van der Waals surface area (Å²) in [6, 6.07) is 6.55. The number of hydrogen-bond donors (Lipinski definition) is 0. The Labute approximate surface area is 133 Å². The predicted octanol–water partition coefficient (Wildman–Crippen LogP) is 2.43. The third-order valence-corrected chi connectivity index (χ3v) is 8.95. The molecule has 124 valence electrons. The van der Waals surface area contributed by atoms with Crippen molar-refractivity contribution in [3.63, 3.8) is 0 Å². The molecule has 1 aromatic rings. The molecular formula is C15H22O5S2. The zero-order valence-electron chi connectivity index (χ0n) is 12.9. The Morgan fingerprint density at radius 1 is 1.23 bits per heavy atom. The van der Waals surface area contributed by atoms with Crippen LogP contribution in [0.3, 0.4) is 0 Å². The molecule has 22 heavy (non-hydrogen) atoms. The molecule has 7 heteroatoms. The van der Waals surface area contributed by atoms with E-state index in [0.29, 0.717) is 31.1 Å². The highest BCUT2D eigenvalue weighted by Crippen LogP contribution is 2.52. The molecule has 1 aliphatic rings. The van der Waals surface area contributed by atoms with Crippen LogP contribution in [0, 0.1) is 6.92 Å². The van der Waals surface area contributed by atoms with Gasteiger partial charge >= 0.3 is 10.1 Å². The second-order valence-corrected chi connectivity index (χ2v) is 10.3.